The number of carbonyl (C=O) groups is 2. The minimum Gasteiger partial charge on any atom is -0.497 e. The minimum atomic E-state index is -0.509. The summed E-state index contributed by atoms with van der Waals surface area (Å²) < 4.78 is 5.27. The highest BCUT2D eigenvalue weighted by Crippen LogP contribution is 2.21. The number of nitrogens with one attached hydrogen (secondary N) is 2. The molecule has 25 heavy (non-hydrogen) atoms. The van der Waals surface area contributed by atoms with Crippen LogP contribution in [0.4, 0.5) is 5.69 Å². The summed E-state index contributed by atoms with van der Waals surface area (Å²) in [7, 11) is 1.66. The number of likely N-dealkylation sites (N-methyl/N-ethyl adjacent to an activating group) is 1. The molecule has 0 aromatic heterocycles. The summed E-state index contributed by atoms with van der Waals surface area (Å²) in [5.41, 5.74) is 1.13. The van der Waals surface area contributed by atoms with Gasteiger partial charge in [-0.05, 0) is 26.0 Å². The van der Waals surface area contributed by atoms with Crippen LogP contribution in [-0.2, 0) is 9.59 Å². The fraction of sp³-hybridized carbons (Fsp3) is 0.556. The highest BCUT2D eigenvalue weighted by atomic mass is 16.5. The standard InChI is InChI=1S/C18H28N4O3/c1-4-19-18(24)14(2)20-17(23)13-21-8-10-22(11-9-21)15-6-5-7-16(12-15)25-3/h5-7,12,14H,4,8-11,13H2,1-3H3,(H,19,24)(H,20,23)/t14-/m1/s1. The Labute approximate surface area is 149 Å². The van der Waals surface area contributed by atoms with E-state index < -0.39 is 6.04 Å². The van der Waals surface area contributed by atoms with E-state index in [4.69, 9.17) is 4.74 Å². The van der Waals surface area contributed by atoms with Crippen molar-refractivity contribution < 1.29 is 14.3 Å². The molecule has 0 saturated carbocycles. The van der Waals surface area contributed by atoms with Crippen LogP contribution in [0.5, 0.6) is 5.75 Å². The van der Waals surface area contributed by atoms with Crippen LogP contribution in [0, 0.1) is 0 Å². The van der Waals surface area contributed by atoms with Crippen molar-refractivity contribution in [3.05, 3.63) is 24.3 Å². The van der Waals surface area contributed by atoms with Crippen molar-refractivity contribution in [3.8, 4) is 5.75 Å². The first-order valence-electron chi connectivity index (χ1n) is 8.72. The number of hydrogen-bond acceptors (Lipinski definition) is 5. The zero-order valence-corrected chi connectivity index (χ0v) is 15.2. The van der Waals surface area contributed by atoms with Crippen molar-refractivity contribution in [1.82, 2.24) is 15.5 Å². The number of ether oxygens (including phenoxy) is 1. The third-order valence-corrected chi connectivity index (χ3v) is 4.28. The first-order chi connectivity index (χ1) is 12.0. The van der Waals surface area contributed by atoms with Crippen LogP contribution in [0.2, 0.25) is 0 Å². The molecule has 1 aliphatic heterocycles. The Bertz CT molecular complexity index is 585. The number of nitrogens with zero attached hydrogens (tertiary/aromatic N) is 2. The lowest BCUT2D eigenvalue weighted by molar-refractivity contribution is -0.129. The maximum absolute atomic E-state index is 12.1. The highest BCUT2D eigenvalue weighted by molar-refractivity contribution is 5.87. The Balaban J connectivity index is 1.78. The summed E-state index contributed by atoms with van der Waals surface area (Å²) in [6, 6.07) is 7.50. The van der Waals surface area contributed by atoms with Crippen molar-refractivity contribution in [3.63, 3.8) is 0 Å². The summed E-state index contributed by atoms with van der Waals surface area (Å²) in [6.07, 6.45) is 0. The average molecular weight is 348 g/mol. The van der Waals surface area contributed by atoms with E-state index in [9.17, 15) is 9.59 Å². The lowest BCUT2D eigenvalue weighted by Crippen LogP contribution is -2.52. The molecule has 0 spiro atoms. The Morgan fingerprint density at radius 1 is 1.24 bits per heavy atom. The van der Waals surface area contributed by atoms with Gasteiger partial charge in [-0.15, -0.1) is 0 Å². The molecule has 7 nitrogen and oxygen atoms in total. The van der Waals surface area contributed by atoms with E-state index in [1.807, 2.05) is 25.1 Å². The second-order valence-electron chi connectivity index (χ2n) is 6.15. The molecule has 0 bridgehead atoms. The number of anilines is 1. The van der Waals surface area contributed by atoms with Gasteiger partial charge in [0.05, 0.1) is 13.7 Å². The molecule has 1 aromatic carbocycles. The van der Waals surface area contributed by atoms with Gasteiger partial charge in [-0.3, -0.25) is 14.5 Å². The quantitative estimate of drug-likeness (QED) is 0.749. The molecular weight excluding hydrogens is 320 g/mol. The number of carbonyl (C=O) groups excluding carboxylic acids is 2. The van der Waals surface area contributed by atoms with Crippen LogP contribution in [0.25, 0.3) is 0 Å². The second kappa shape index (κ2) is 9.27. The molecule has 2 rings (SSSR count). The molecule has 0 aliphatic carbocycles. The molecule has 7 heteroatoms. The van der Waals surface area contributed by atoms with Crippen LogP contribution in [0.15, 0.2) is 24.3 Å². The smallest absolute Gasteiger partial charge is 0.242 e. The van der Waals surface area contributed by atoms with Gasteiger partial charge in [0.25, 0.3) is 0 Å². The summed E-state index contributed by atoms with van der Waals surface area (Å²) in [4.78, 5) is 28.2. The lowest BCUT2D eigenvalue weighted by atomic mass is 10.2. The number of rotatable bonds is 7. The number of benzene rings is 1. The van der Waals surface area contributed by atoms with E-state index in [2.05, 4.69) is 26.5 Å². The fourth-order valence-electron chi connectivity index (χ4n) is 2.85. The van der Waals surface area contributed by atoms with Gasteiger partial charge in [0.2, 0.25) is 11.8 Å². The van der Waals surface area contributed by atoms with Gasteiger partial charge < -0.3 is 20.3 Å². The van der Waals surface area contributed by atoms with Crippen molar-refractivity contribution in [2.75, 3.05) is 51.3 Å². The van der Waals surface area contributed by atoms with E-state index in [1.54, 1.807) is 14.0 Å². The van der Waals surface area contributed by atoms with E-state index in [-0.39, 0.29) is 11.8 Å². The minimum absolute atomic E-state index is 0.117. The zero-order chi connectivity index (χ0) is 18.2. The van der Waals surface area contributed by atoms with Crippen LogP contribution >= 0.6 is 0 Å². The topological polar surface area (TPSA) is 73.9 Å². The molecule has 1 fully saturated rings. The second-order valence-corrected chi connectivity index (χ2v) is 6.15. The lowest BCUT2D eigenvalue weighted by Gasteiger charge is -2.36. The first-order valence-corrected chi connectivity index (χ1v) is 8.72. The monoisotopic (exact) mass is 348 g/mol. The molecule has 0 radical (unpaired) electrons. The molecule has 1 aromatic rings. The third-order valence-electron chi connectivity index (χ3n) is 4.28. The Kier molecular flexibility index (Phi) is 7.06. The molecule has 1 aliphatic rings. The van der Waals surface area contributed by atoms with Crippen molar-refractivity contribution in [2.24, 2.45) is 0 Å². The third kappa shape index (κ3) is 5.63. The van der Waals surface area contributed by atoms with Gasteiger partial charge in [0, 0.05) is 44.5 Å². The SMILES string of the molecule is CCNC(=O)[C@@H](C)NC(=O)CN1CCN(c2cccc(OC)c2)CC1. The van der Waals surface area contributed by atoms with Crippen LogP contribution in [-0.4, -0.2) is 69.1 Å². The molecule has 0 unspecified atom stereocenters. The molecule has 1 heterocycles. The van der Waals surface area contributed by atoms with Crippen molar-refractivity contribution in [1.29, 1.82) is 0 Å². The number of amides is 2. The summed E-state index contributed by atoms with van der Waals surface area (Å²) in [5, 5.41) is 5.45. The van der Waals surface area contributed by atoms with Gasteiger partial charge in [0.1, 0.15) is 11.8 Å². The maximum Gasteiger partial charge on any atom is 0.242 e. The number of methoxy groups -OCH3 is 1. The van der Waals surface area contributed by atoms with Crippen molar-refractivity contribution >= 4 is 17.5 Å². The number of hydrogen-bond donors (Lipinski definition) is 2. The zero-order valence-electron chi connectivity index (χ0n) is 15.2. The predicted octanol–water partition coefficient (Wildman–Crippen LogP) is 0.458. The fourth-order valence-corrected chi connectivity index (χ4v) is 2.85. The van der Waals surface area contributed by atoms with Gasteiger partial charge in [-0.2, -0.15) is 0 Å². The molecular formula is C18H28N4O3. The first kappa shape index (κ1) is 19.1. The summed E-state index contributed by atoms with van der Waals surface area (Å²) in [5.74, 6) is 0.575. The normalized spacial score (nSPS) is 16.2. The summed E-state index contributed by atoms with van der Waals surface area (Å²) in [6.45, 7) is 7.75. The molecule has 1 atom stereocenters. The Hall–Kier alpha value is -2.28. The largest absolute Gasteiger partial charge is 0.497 e. The Morgan fingerprint density at radius 2 is 1.96 bits per heavy atom. The molecule has 2 N–H and O–H groups in total. The number of piperazine rings is 1. The molecule has 1 saturated heterocycles. The van der Waals surface area contributed by atoms with E-state index in [0.29, 0.717) is 13.1 Å². The van der Waals surface area contributed by atoms with Crippen molar-refractivity contribution in [2.45, 2.75) is 19.9 Å². The average Bonchev–Trinajstić information content (AvgIpc) is 2.62. The predicted molar refractivity (Wildman–Crippen MR) is 97.9 cm³/mol. The van der Waals surface area contributed by atoms with Crippen LogP contribution in [0.3, 0.4) is 0 Å². The Morgan fingerprint density at radius 3 is 2.60 bits per heavy atom. The van der Waals surface area contributed by atoms with E-state index in [0.717, 1.165) is 37.6 Å². The van der Waals surface area contributed by atoms with Crippen LogP contribution in [0.1, 0.15) is 13.8 Å². The molecule has 2 amide bonds. The summed E-state index contributed by atoms with van der Waals surface area (Å²) >= 11 is 0. The van der Waals surface area contributed by atoms with Gasteiger partial charge in [0.15, 0.2) is 0 Å². The van der Waals surface area contributed by atoms with E-state index >= 15 is 0 Å². The highest BCUT2D eigenvalue weighted by Gasteiger charge is 2.21. The van der Waals surface area contributed by atoms with Gasteiger partial charge >= 0.3 is 0 Å². The van der Waals surface area contributed by atoms with E-state index in [1.165, 1.54) is 0 Å². The van der Waals surface area contributed by atoms with Crippen LogP contribution < -0.4 is 20.3 Å². The molecule has 138 valence electrons. The maximum atomic E-state index is 12.1. The van der Waals surface area contributed by atoms with Gasteiger partial charge in [-0.1, -0.05) is 6.07 Å². The van der Waals surface area contributed by atoms with Gasteiger partial charge in [-0.25, -0.2) is 0 Å².